The Bertz CT molecular complexity index is 427. The van der Waals surface area contributed by atoms with Gasteiger partial charge in [0.1, 0.15) is 0 Å². The third-order valence-corrected chi connectivity index (χ3v) is 4.22. The highest BCUT2D eigenvalue weighted by molar-refractivity contribution is 5.76. The van der Waals surface area contributed by atoms with Crippen LogP contribution in [0, 0.1) is 6.92 Å². The van der Waals surface area contributed by atoms with Crippen LogP contribution in [0.25, 0.3) is 0 Å². The number of likely N-dealkylation sites (tertiary alicyclic amines) is 1. The number of carbonyl (C=O) groups excluding carboxylic acids is 1. The van der Waals surface area contributed by atoms with Crippen LogP contribution < -0.4 is 5.73 Å². The molecule has 1 aromatic rings. The fourth-order valence-corrected chi connectivity index (χ4v) is 2.90. The Morgan fingerprint density at radius 2 is 2.00 bits per heavy atom. The first kappa shape index (κ1) is 15.0. The lowest BCUT2D eigenvalue weighted by molar-refractivity contribution is -0.133. The Labute approximate surface area is 122 Å². The van der Waals surface area contributed by atoms with E-state index in [1.807, 2.05) is 4.90 Å². The average molecular weight is 274 g/mol. The van der Waals surface area contributed by atoms with E-state index in [1.54, 1.807) is 0 Å². The molecule has 1 fully saturated rings. The molecule has 1 unspecified atom stereocenters. The Hall–Kier alpha value is -1.35. The zero-order valence-electron chi connectivity index (χ0n) is 12.5. The van der Waals surface area contributed by atoms with Crippen LogP contribution >= 0.6 is 0 Å². The fourth-order valence-electron chi connectivity index (χ4n) is 2.90. The maximum atomic E-state index is 12.4. The van der Waals surface area contributed by atoms with E-state index in [9.17, 15) is 4.79 Å². The summed E-state index contributed by atoms with van der Waals surface area (Å²) in [6.45, 7) is 3.56. The number of amides is 1. The molecule has 1 saturated heterocycles. The van der Waals surface area contributed by atoms with E-state index >= 15 is 0 Å². The van der Waals surface area contributed by atoms with Crippen LogP contribution in [0.15, 0.2) is 24.3 Å². The maximum Gasteiger partial charge on any atom is 0.223 e. The Morgan fingerprint density at radius 3 is 2.70 bits per heavy atom. The minimum atomic E-state index is 0.253. The van der Waals surface area contributed by atoms with Gasteiger partial charge >= 0.3 is 0 Å². The molecule has 0 aliphatic carbocycles. The van der Waals surface area contributed by atoms with Crippen LogP contribution in [0.4, 0.5) is 0 Å². The van der Waals surface area contributed by atoms with Crippen LogP contribution in [-0.4, -0.2) is 29.9 Å². The second-order valence-corrected chi connectivity index (χ2v) is 5.81. The summed E-state index contributed by atoms with van der Waals surface area (Å²) in [4.78, 5) is 14.5. The number of nitrogens with two attached hydrogens (primary N) is 1. The minimum Gasteiger partial charge on any atom is -0.338 e. The predicted molar refractivity (Wildman–Crippen MR) is 82.5 cm³/mol. The third-order valence-electron chi connectivity index (χ3n) is 4.22. The maximum absolute atomic E-state index is 12.4. The molecule has 3 heteroatoms. The first-order chi connectivity index (χ1) is 9.70. The van der Waals surface area contributed by atoms with E-state index in [2.05, 4.69) is 31.2 Å². The van der Waals surface area contributed by atoms with Crippen molar-refractivity contribution in [3.63, 3.8) is 0 Å². The van der Waals surface area contributed by atoms with E-state index < -0.39 is 0 Å². The first-order valence-corrected chi connectivity index (χ1v) is 7.76. The smallest absolute Gasteiger partial charge is 0.223 e. The molecule has 0 bridgehead atoms. The van der Waals surface area contributed by atoms with Crippen LogP contribution in [-0.2, 0) is 11.2 Å². The SMILES string of the molecule is Cc1ccc(CCC(=O)N2CCCCCC2CN)cc1. The van der Waals surface area contributed by atoms with E-state index in [0.717, 1.165) is 25.8 Å². The number of aryl methyl sites for hydroxylation is 2. The topological polar surface area (TPSA) is 46.3 Å². The van der Waals surface area contributed by atoms with Gasteiger partial charge in [0.2, 0.25) is 5.91 Å². The number of nitrogens with zero attached hydrogens (tertiary/aromatic N) is 1. The molecule has 2 N–H and O–H groups in total. The normalized spacial score (nSPS) is 19.7. The lowest BCUT2D eigenvalue weighted by Gasteiger charge is -2.29. The van der Waals surface area contributed by atoms with Crippen LogP contribution in [0.3, 0.4) is 0 Å². The minimum absolute atomic E-state index is 0.253. The van der Waals surface area contributed by atoms with E-state index in [1.165, 1.54) is 24.0 Å². The van der Waals surface area contributed by atoms with Gasteiger partial charge in [-0.1, -0.05) is 42.7 Å². The molecular weight excluding hydrogens is 248 g/mol. The third kappa shape index (κ3) is 4.07. The van der Waals surface area contributed by atoms with Gasteiger partial charge in [-0.15, -0.1) is 0 Å². The van der Waals surface area contributed by atoms with Crippen molar-refractivity contribution in [1.29, 1.82) is 0 Å². The van der Waals surface area contributed by atoms with Gasteiger partial charge in [0.05, 0.1) is 0 Å². The summed E-state index contributed by atoms with van der Waals surface area (Å²) in [5.41, 5.74) is 8.33. The molecule has 1 aliphatic rings. The van der Waals surface area contributed by atoms with Gasteiger partial charge in [0.25, 0.3) is 0 Å². The Kier molecular flexibility index (Phi) is 5.60. The van der Waals surface area contributed by atoms with E-state index in [0.29, 0.717) is 13.0 Å². The van der Waals surface area contributed by atoms with Crippen molar-refractivity contribution in [1.82, 2.24) is 4.90 Å². The molecule has 1 aliphatic heterocycles. The molecule has 1 heterocycles. The van der Waals surface area contributed by atoms with Crippen molar-refractivity contribution in [2.45, 2.75) is 51.5 Å². The quantitative estimate of drug-likeness (QED) is 0.917. The van der Waals surface area contributed by atoms with Crippen molar-refractivity contribution in [3.8, 4) is 0 Å². The van der Waals surface area contributed by atoms with Gasteiger partial charge < -0.3 is 10.6 Å². The molecule has 1 atom stereocenters. The second-order valence-electron chi connectivity index (χ2n) is 5.81. The van der Waals surface area contributed by atoms with Gasteiger partial charge in [-0.25, -0.2) is 0 Å². The summed E-state index contributed by atoms with van der Waals surface area (Å²) in [6, 6.07) is 8.70. The number of hydrogen-bond donors (Lipinski definition) is 1. The lowest BCUT2D eigenvalue weighted by Crippen LogP contribution is -2.44. The van der Waals surface area contributed by atoms with E-state index in [4.69, 9.17) is 5.73 Å². The summed E-state index contributed by atoms with van der Waals surface area (Å²) in [5.74, 6) is 0.267. The number of hydrogen-bond acceptors (Lipinski definition) is 2. The predicted octanol–water partition coefficient (Wildman–Crippen LogP) is 2.66. The standard InChI is InChI=1S/C17H26N2O/c1-14-6-8-15(9-7-14)10-11-17(20)19-12-4-2-3-5-16(19)13-18/h6-9,16H,2-5,10-13,18H2,1H3. The Morgan fingerprint density at radius 1 is 1.25 bits per heavy atom. The monoisotopic (exact) mass is 274 g/mol. The molecule has 110 valence electrons. The highest BCUT2D eigenvalue weighted by Crippen LogP contribution is 2.18. The summed E-state index contributed by atoms with van der Waals surface area (Å²) >= 11 is 0. The zero-order chi connectivity index (χ0) is 14.4. The molecule has 0 radical (unpaired) electrons. The largest absolute Gasteiger partial charge is 0.338 e. The molecule has 1 aromatic carbocycles. The molecule has 3 nitrogen and oxygen atoms in total. The molecular formula is C17H26N2O. The highest BCUT2D eigenvalue weighted by atomic mass is 16.2. The van der Waals surface area contributed by atoms with Crippen LogP contribution in [0.1, 0.15) is 43.2 Å². The van der Waals surface area contributed by atoms with Crippen LogP contribution in [0.2, 0.25) is 0 Å². The molecule has 0 spiro atoms. The van der Waals surface area contributed by atoms with Crippen molar-refractivity contribution in [2.24, 2.45) is 5.73 Å². The second kappa shape index (κ2) is 7.44. The molecule has 2 rings (SSSR count). The number of benzene rings is 1. The van der Waals surface area contributed by atoms with Crippen molar-refractivity contribution in [3.05, 3.63) is 35.4 Å². The molecule has 20 heavy (non-hydrogen) atoms. The number of carbonyl (C=O) groups is 1. The van der Waals surface area contributed by atoms with Crippen molar-refractivity contribution < 1.29 is 4.79 Å². The van der Waals surface area contributed by atoms with Crippen molar-refractivity contribution >= 4 is 5.91 Å². The molecule has 0 saturated carbocycles. The van der Waals surface area contributed by atoms with Gasteiger partial charge in [0.15, 0.2) is 0 Å². The van der Waals surface area contributed by atoms with Gasteiger partial charge in [-0.2, -0.15) is 0 Å². The van der Waals surface area contributed by atoms with Gasteiger partial charge in [0, 0.05) is 25.6 Å². The lowest BCUT2D eigenvalue weighted by atomic mass is 10.1. The van der Waals surface area contributed by atoms with Gasteiger partial charge in [-0.05, 0) is 31.7 Å². The Balaban J connectivity index is 1.90. The summed E-state index contributed by atoms with van der Waals surface area (Å²) in [5, 5.41) is 0. The van der Waals surface area contributed by atoms with Crippen molar-refractivity contribution in [2.75, 3.05) is 13.1 Å². The average Bonchev–Trinajstić information content (AvgIpc) is 2.71. The summed E-state index contributed by atoms with van der Waals surface area (Å²) in [6.07, 6.45) is 6.02. The number of rotatable bonds is 4. The van der Waals surface area contributed by atoms with Gasteiger partial charge in [-0.3, -0.25) is 4.79 Å². The van der Waals surface area contributed by atoms with E-state index in [-0.39, 0.29) is 11.9 Å². The fraction of sp³-hybridized carbons (Fsp3) is 0.588. The molecule has 1 amide bonds. The zero-order valence-corrected chi connectivity index (χ0v) is 12.5. The summed E-state index contributed by atoms with van der Waals surface area (Å²) < 4.78 is 0. The first-order valence-electron chi connectivity index (χ1n) is 7.76. The summed E-state index contributed by atoms with van der Waals surface area (Å²) in [7, 11) is 0. The highest BCUT2D eigenvalue weighted by Gasteiger charge is 2.23. The van der Waals surface area contributed by atoms with Crippen LogP contribution in [0.5, 0.6) is 0 Å². The molecule has 0 aromatic heterocycles.